The van der Waals surface area contributed by atoms with Gasteiger partial charge in [0.05, 0.1) is 5.69 Å². The lowest BCUT2D eigenvalue weighted by Gasteiger charge is -2.14. The van der Waals surface area contributed by atoms with E-state index in [4.69, 9.17) is 5.11 Å². The van der Waals surface area contributed by atoms with Crippen LogP contribution in [0.15, 0.2) is 18.6 Å². The fourth-order valence-corrected chi connectivity index (χ4v) is 1.85. The molecule has 0 aliphatic carbocycles. The summed E-state index contributed by atoms with van der Waals surface area (Å²) in [4.78, 5) is 10.6. The van der Waals surface area contributed by atoms with E-state index >= 15 is 0 Å². The molecule has 1 aliphatic rings. The van der Waals surface area contributed by atoms with Crippen molar-refractivity contribution in [3.63, 3.8) is 0 Å². The monoisotopic (exact) mass is 193 g/mol. The molecule has 1 fully saturated rings. The van der Waals surface area contributed by atoms with Crippen molar-refractivity contribution in [3.05, 3.63) is 24.3 Å². The van der Waals surface area contributed by atoms with Gasteiger partial charge < -0.3 is 5.11 Å². The van der Waals surface area contributed by atoms with Crippen molar-refractivity contribution in [2.45, 2.75) is 13.0 Å². The van der Waals surface area contributed by atoms with Gasteiger partial charge in [-0.2, -0.15) is 0 Å². The van der Waals surface area contributed by atoms with Crippen LogP contribution in [0, 0.1) is 5.92 Å². The van der Waals surface area contributed by atoms with Crippen LogP contribution in [0.2, 0.25) is 0 Å². The van der Waals surface area contributed by atoms with E-state index in [1.54, 1.807) is 18.6 Å². The molecule has 1 saturated heterocycles. The summed E-state index contributed by atoms with van der Waals surface area (Å²) in [6, 6.07) is 0. The molecule has 0 amide bonds. The fourth-order valence-electron chi connectivity index (χ4n) is 1.85. The Kier molecular flexibility index (Phi) is 3.06. The summed E-state index contributed by atoms with van der Waals surface area (Å²) in [5.41, 5.74) is 1.01. The van der Waals surface area contributed by atoms with Gasteiger partial charge in [-0.05, 0) is 18.9 Å². The van der Waals surface area contributed by atoms with E-state index in [-0.39, 0.29) is 0 Å². The zero-order valence-electron chi connectivity index (χ0n) is 8.13. The van der Waals surface area contributed by atoms with Crippen molar-refractivity contribution in [3.8, 4) is 0 Å². The maximum absolute atomic E-state index is 9.00. The largest absolute Gasteiger partial charge is 0.396 e. The predicted octanol–water partition coefficient (Wildman–Crippen LogP) is 0.291. The molecular formula is C10H15N3O. The van der Waals surface area contributed by atoms with E-state index < -0.39 is 0 Å². The number of aliphatic hydroxyl groups is 1. The second-order valence-electron chi connectivity index (χ2n) is 3.77. The van der Waals surface area contributed by atoms with E-state index in [1.807, 2.05) is 0 Å². The predicted molar refractivity (Wildman–Crippen MR) is 52.5 cm³/mol. The van der Waals surface area contributed by atoms with Crippen LogP contribution in [-0.4, -0.2) is 39.7 Å². The van der Waals surface area contributed by atoms with E-state index in [9.17, 15) is 0 Å². The van der Waals surface area contributed by atoms with Gasteiger partial charge in [-0.25, -0.2) is 0 Å². The van der Waals surface area contributed by atoms with Crippen LogP contribution in [0.3, 0.4) is 0 Å². The molecule has 0 spiro atoms. The molecule has 1 atom stereocenters. The summed E-state index contributed by atoms with van der Waals surface area (Å²) in [6.45, 7) is 3.19. The van der Waals surface area contributed by atoms with Crippen LogP contribution < -0.4 is 0 Å². The SMILES string of the molecule is OCC1CCN(Cc2cnccn2)C1. The third-order valence-corrected chi connectivity index (χ3v) is 2.63. The molecule has 14 heavy (non-hydrogen) atoms. The second-order valence-corrected chi connectivity index (χ2v) is 3.77. The van der Waals surface area contributed by atoms with Gasteiger partial charge in [0.15, 0.2) is 0 Å². The van der Waals surface area contributed by atoms with Crippen molar-refractivity contribution < 1.29 is 5.11 Å². The Hall–Kier alpha value is -1.00. The van der Waals surface area contributed by atoms with Crippen LogP contribution in [0.25, 0.3) is 0 Å². The number of aliphatic hydroxyl groups excluding tert-OH is 1. The van der Waals surface area contributed by atoms with Crippen molar-refractivity contribution in [1.82, 2.24) is 14.9 Å². The number of nitrogens with zero attached hydrogens (tertiary/aromatic N) is 3. The summed E-state index contributed by atoms with van der Waals surface area (Å²) in [7, 11) is 0. The molecule has 1 unspecified atom stereocenters. The smallest absolute Gasteiger partial charge is 0.0726 e. The second kappa shape index (κ2) is 4.48. The first-order chi connectivity index (χ1) is 6.88. The summed E-state index contributed by atoms with van der Waals surface area (Å²) in [5, 5.41) is 9.00. The quantitative estimate of drug-likeness (QED) is 0.749. The lowest BCUT2D eigenvalue weighted by molar-refractivity contribution is 0.219. The Morgan fingerprint density at radius 1 is 1.50 bits per heavy atom. The first kappa shape index (κ1) is 9.55. The number of aromatic nitrogens is 2. The highest BCUT2D eigenvalue weighted by Gasteiger charge is 2.21. The summed E-state index contributed by atoms with van der Waals surface area (Å²) < 4.78 is 0. The highest BCUT2D eigenvalue weighted by atomic mass is 16.3. The van der Waals surface area contributed by atoms with Gasteiger partial charge in [0.25, 0.3) is 0 Å². The molecule has 4 nitrogen and oxygen atoms in total. The normalized spacial score (nSPS) is 22.8. The molecule has 1 N–H and O–H groups in total. The third kappa shape index (κ3) is 2.27. The number of likely N-dealkylation sites (tertiary alicyclic amines) is 1. The topological polar surface area (TPSA) is 49.2 Å². The highest BCUT2D eigenvalue weighted by molar-refractivity contribution is 4.95. The van der Waals surface area contributed by atoms with Gasteiger partial charge in [0, 0.05) is 38.3 Å². The minimum atomic E-state index is 0.303. The van der Waals surface area contributed by atoms with Crippen molar-refractivity contribution in [2.75, 3.05) is 19.7 Å². The lowest BCUT2D eigenvalue weighted by Crippen LogP contribution is -2.21. The van der Waals surface area contributed by atoms with E-state index in [0.717, 1.165) is 31.7 Å². The zero-order chi connectivity index (χ0) is 9.80. The van der Waals surface area contributed by atoms with Crippen molar-refractivity contribution >= 4 is 0 Å². The van der Waals surface area contributed by atoms with E-state index in [1.165, 1.54) is 0 Å². The summed E-state index contributed by atoms with van der Waals surface area (Å²) in [5.74, 6) is 0.451. The minimum Gasteiger partial charge on any atom is -0.396 e. The first-order valence-electron chi connectivity index (χ1n) is 4.96. The van der Waals surface area contributed by atoms with Crippen LogP contribution in [0.5, 0.6) is 0 Å². The highest BCUT2D eigenvalue weighted by Crippen LogP contribution is 2.16. The Morgan fingerprint density at radius 2 is 2.43 bits per heavy atom. The van der Waals surface area contributed by atoms with E-state index in [0.29, 0.717) is 12.5 Å². The standard InChI is InChI=1S/C10H15N3O/c14-8-9-1-4-13(6-9)7-10-5-11-2-3-12-10/h2-3,5,9,14H,1,4,6-8H2. The first-order valence-corrected chi connectivity index (χ1v) is 4.96. The van der Waals surface area contributed by atoms with Gasteiger partial charge in [-0.1, -0.05) is 0 Å². The molecule has 0 bridgehead atoms. The zero-order valence-corrected chi connectivity index (χ0v) is 8.13. The molecule has 2 heterocycles. The van der Waals surface area contributed by atoms with E-state index in [2.05, 4.69) is 14.9 Å². The maximum atomic E-state index is 9.00. The Balaban J connectivity index is 1.88. The summed E-state index contributed by atoms with van der Waals surface area (Å²) in [6.07, 6.45) is 6.29. The number of rotatable bonds is 3. The number of hydrogen-bond donors (Lipinski definition) is 1. The number of hydrogen-bond acceptors (Lipinski definition) is 4. The van der Waals surface area contributed by atoms with Gasteiger partial charge >= 0.3 is 0 Å². The third-order valence-electron chi connectivity index (χ3n) is 2.63. The minimum absolute atomic E-state index is 0.303. The van der Waals surface area contributed by atoms with Gasteiger partial charge in [-0.3, -0.25) is 14.9 Å². The van der Waals surface area contributed by atoms with Crippen LogP contribution in [-0.2, 0) is 6.54 Å². The average molecular weight is 193 g/mol. The van der Waals surface area contributed by atoms with Crippen LogP contribution >= 0.6 is 0 Å². The Bertz CT molecular complexity index is 278. The maximum Gasteiger partial charge on any atom is 0.0726 e. The van der Waals surface area contributed by atoms with Crippen molar-refractivity contribution in [2.24, 2.45) is 5.92 Å². The molecule has 4 heteroatoms. The lowest BCUT2D eigenvalue weighted by atomic mass is 10.1. The molecule has 1 aromatic rings. The van der Waals surface area contributed by atoms with Crippen LogP contribution in [0.4, 0.5) is 0 Å². The Labute approximate surface area is 83.6 Å². The van der Waals surface area contributed by atoms with Gasteiger partial charge in [0.2, 0.25) is 0 Å². The van der Waals surface area contributed by atoms with Crippen molar-refractivity contribution in [1.29, 1.82) is 0 Å². The molecule has 1 aliphatic heterocycles. The average Bonchev–Trinajstić information content (AvgIpc) is 2.67. The molecular weight excluding hydrogens is 178 g/mol. The summed E-state index contributed by atoms with van der Waals surface area (Å²) >= 11 is 0. The Morgan fingerprint density at radius 3 is 3.07 bits per heavy atom. The molecule has 0 aromatic carbocycles. The molecule has 1 aromatic heterocycles. The van der Waals surface area contributed by atoms with Crippen LogP contribution in [0.1, 0.15) is 12.1 Å². The molecule has 76 valence electrons. The molecule has 0 saturated carbocycles. The fraction of sp³-hybridized carbons (Fsp3) is 0.600. The van der Waals surface area contributed by atoms with Gasteiger partial charge in [0.1, 0.15) is 0 Å². The van der Waals surface area contributed by atoms with Gasteiger partial charge in [-0.15, -0.1) is 0 Å². The molecule has 0 radical (unpaired) electrons. The molecule has 2 rings (SSSR count).